The summed E-state index contributed by atoms with van der Waals surface area (Å²) < 4.78 is 3.99. The van der Waals surface area contributed by atoms with Gasteiger partial charge in [-0.1, -0.05) is 20.3 Å². The molecule has 0 radical (unpaired) electrons. The van der Waals surface area contributed by atoms with Crippen LogP contribution in [0.1, 0.15) is 36.3 Å². The van der Waals surface area contributed by atoms with Crippen molar-refractivity contribution in [2.45, 2.75) is 33.2 Å². The van der Waals surface area contributed by atoms with Crippen LogP contribution in [0, 0.1) is 12.8 Å². The summed E-state index contributed by atoms with van der Waals surface area (Å²) in [6, 6.07) is -0.855. The number of rotatable bonds is 5. The molecule has 0 saturated carbocycles. The summed E-state index contributed by atoms with van der Waals surface area (Å²) in [5.41, 5.74) is 1.07. The van der Waals surface area contributed by atoms with Gasteiger partial charge in [0, 0.05) is 5.38 Å². The number of hydrogen-bond acceptors (Lipinski definition) is 4. The molecule has 1 heterocycles. The first-order valence-corrected chi connectivity index (χ1v) is 6.25. The van der Waals surface area contributed by atoms with E-state index in [4.69, 9.17) is 5.11 Å². The van der Waals surface area contributed by atoms with Crippen molar-refractivity contribution in [2.24, 2.45) is 5.92 Å². The van der Waals surface area contributed by atoms with Crippen LogP contribution in [0.2, 0.25) is 0 Å². The topological polar surface area (TPSA) is 79.3 Å². The molecule has 0 aliphatic rings. The van der Waals surface area contributed by atoms with E-state index in [2.05, 4.69) is 9.69 Å². The number of nitrogens with zero attached hydrogens (tertiary/aromatic N) is 1. The van der Waals surface area contributed by atoms with Crippen molar-refractivity contribution in [3.05, 3.63) is 16.6 Å². The van der Waals surface area contributed by atoms with Gasteiger partial charge in [-0.15, -0.1) is 0 Å². The largest absolute Gasteiger partial charge is 0.480 e. The van der Waals surface area contributed by atoms with Gasteiger partial charge in [0.05, 0.1) is 11.3 Å². The molecule has 0 bridgehead atoms. The number of nitrogens with one attached hydrogen (secondary N) is 1. The van der Waals surface area contributed by atoms with Gasteiger partial charge in [-0.3, -0.25) is 4.79 Å². The molecule has 6 heteroatoms. The summed E-state index contributed by atoms with van der Waals surface area (Å²) >= 11 is 1.19. The maximum absolute atomic E-state index is 11.9. The van der Waals surface area contributed by atoms with E-state index in [1.165, 1.54) is 11.5 Å². The van der Waals surface area contributed by atoms with E-state index in [1.54, 1.807) is 19.2 Å². The van der Waals surface area contributed by atoms with E-state index in [9.17, 15) is 9.59 Å². The number of carboxylic acids is 1. The molecule has 94 valence electrons. The highest BCUT2D eigenvalue weighted by molar-refractivity contribution is 7.03. The summed E-state index contributed by atoms with van der Waals surface area (Å²) in [7, 11) is 0. The zero-order chi connectivity index (χ0) is 13.0. The maximum Gasteiger partial charge on any atom is 0.326 e. The molecule has 5 nitrogen and oxygen atoms in total. The minimum Gasteiger partial charge on any atom is -0.480 e. The monoisotopic (exact) mass is 256 g/mol. The van der Waals surface area contributed by atoms with Gasteiger partial charge in [-0.05, 0) is 24.4 Å². The second-order valence-corrected chi connectivity index (χ2v) is 4.62. The maximum atomic E-state index is 11.9. The Morgan fingerprint density at radius 1 is 1.59 bits per heavy atom. The highest BCUT2D eigenvalue weighted by Crippen LogP contribution is 2.12. The lowest BCUT2D eigenvalue weighted by molar-refractivity contribution is -0.140. The second-order valence-electron chi connectivity index (χ2n) is 3.99. The molecule has 1 aromatic rings. The van der Waals surface area contributed by atoms with Crippen molar-refractivity contribution >= 4 is 23.4 Å². The molecule has 0 aliphatic heterocycles. The molecular formula is C11H16N2O3S. The molecule has 2 unspecified atom stereocenters. The molecule has 2 atom stereocenters. The third kappa shape index (κ3) is 3.26. The van der Waals surface area contributed by atoms with Crippen molar-refractivity contribution in [1.29, 1.82) is 0 Å². The lowest BCUT2D eigenvalue weighted by atomic mass is 9.99. The number of carbonyl (C=O) groups is 2. The number of carboxylic acid groups (broad SMARTS) is 1. The fraction of sp³-hybridized carbons (Fsp3) is 0.545. The van der Waals surface area contributed by atoms with Gasteiger partial charge in [0.2, 0.25) is 0 Å². The van der Waals surface area contributed by atoms with Gasteiger partial charge in [0.15, 0.2) is 0 Å². The van der Waals surface area contributed by atoms with Crippen LogP contribution in [0.3, 0.4) is 0 Å². The van der Waals surface area contributed by atoms with Crippen molar-refractivity contribution < 1.29 is 14.7 Å². The Labute approximate surface area is 104 Å². The number of hydrogen-bond donors (Lipinski definition) is 2. The third-order valence-corrected chi connectivity index (χ3v) is 3.48. The summed E-state index contributed by atoms with van der Waals surface area (Å²) in [6.07, 6.45) is 0.693. The smallest absolute Gasteiger partial charge is 0.326 e. The Hall–Kier alpha value is -1.43. The van der Waals surface area contributed by atoms with Crippen LogP contribution in [0.5, 0.6) is 0 Å². The first kappa shape index (κ1) is 13.6. The van der Waals surface area contributed by atoms with Crippen LogP contribution in [-0.2, 0) is 4.79 Å². The number of amides is 1. The molecular weight excluding hydrogens is 240 g/mol. The second kappa shape index (κ2) is 5.77. The Morgan fingerprint density at radius 3 is 2.65 bits per heavy atom. The zero-order valence-electron chi connectivity index (χ0n) is 10.1. The summed E-state index contributed by atoms with van der Waals surface area (Å²) in [4.78, 5) is 22.9. The molecule has 0 aliphatic carbocycles. The van der Waals surface area contributed by atoms with Crippen molar-refractivity contribution in [3.63, 3.8) is 0 Å². The lowest BCUT2D eigenvalue weighted by Gasteiger charge is -2.19. The summed E-state index contributed by atoms with van der Waals surface area (Å²) in [6.45, 7) is 5.42. The van der Waals surface area contributed by atoms with E-state index in [-0.39, 0.29) is 11.8 Å². The first-order chi connectivity index (χ1) is 7.97. The molecule has 1 rings (SSSR count). The fourth-order valence-corrected chi connectivity index (χ4v) is 2.10. The van der Waals surface area contributed by atoms with E-state index in [1.807, 2.05) is 6.92 Å². The zero-order valence-corrected chi connectivity index (χ0v) is 10.9. The van der Waals surface area contributed by atoms with E-state index in [0.717, 1.165) is 0 Å². The Balaban J connectivity index is 2.78. The fourth-order valence-electron chi connectivity index (χ4n) is 1.41. The Morgan fingerprint density at radius 2 is 2.24 bits per heavy atom. The van der Waals surface area contributed by atoms with Crippen LogP contribution in [0.25, 0.3) is 0 Å². The standard InChI is InChI=1S/C11H16N2O3S/c1-4-6(2)9(11(15)16)12-10(14)8-5-17-13-7(8)3/h5-6,9H,4H2,1-3H3,(H,12,14)(H,15,16). The quantitative estimate of drug-likeness (QED) is 0.840. The SMILES string of the molecule is CCC(C)C(NC(=O)c1csnc1C)C(=O)O. The van der Waals surface area contributed by atoms with Crippen molar-refractivity contribution in [1.82, 2.24) is 9.69 Å². The van der Waals surface area contributed by atoms with Crippen molar-refractivity contribution in [2.75, 3.05) is 0 Å². The predicted molar refractivity (Wildman–Crippen MR) is 65.2 cm³/mol. The molecule has 1 aromatic heterocycles. The van der Waals surface area contributed by atoms with Crippen LogP contribution in [-0.4, -0.2) is 27.4 Å². The average Bonchev–Trinajstić information content (AvgIpc) is 2.70. The summed E-state index contributed by atoms with van der Waals surface area (Å²) in [5.74, 6) is -1.49. The number of aliphatic carboxylic acids is 1. The Bertz CT molecular complexity index is 417. The molecule has 0 fully saturated rings. The minimum atomic E-state index is -1.01. The van der Waals surface area contributed by atoms with Gasteiger partial charge in [-0.2, -0.15) is 4.37 Å². The molecule has 0 saturated heterocycles. The number of aromatic nitrogens is 1. The van der Waals surface area contributed by atoms with Gasteiger partial charge >= 0.3 is 5.97 Å². The van der Waals surface area contributed by atoms with Gasteiger partial charge < -0.3 is 10.4 Å². The first-order valence-electron chi connectivity index (χ1n) is 5.42. The van der Waals surface area contributed by atoms with Crippen LogP contribution >= 0.6 is 11.5 Å². The lowest BCUT2D eigenvalue weighted by Crippen LogP contribution is -2.45. The predicted octanol–water partition coefficient (Wildman–Crippen LogP) is 1.68. The number of carbonyl (C=O) groups excluding carboxylic acids is 1. The molecule has 17 heavy (non-hydrogen) atoms. The van der Waals surface area contributed by atoms with E-state index < -0.39 is 12.0 Å². The van der Waals surface area contributed by atoms with Crippen LogP contribution < -0.4 is 5.32 Å². The highest BCUT2D eigenvalue weighted by atomic mass is 32.1. The molecule has 0 aromatic carbocycles. The van der Waals surface area contributed by atoms with E-state index in [0.29, 0.717) is 17.7 Å². The van der Waals surface area contributed by atoms with Crippen LogP contribution in [0.4, 0.5) is 0 Å². The molecule has 1 amide bonds. The molecule has 2 N–H and O–H groups in total. The summed E-state index contributed by atoms with van der Waals surface area (Å²) in [5, 5.41) is 13.2. The van der Waals surface area contributed by atoms with Gasteiger partial charge in [0.1, 0.15) is 6.04 Å². The minimum absolute atomic E-state index is 0.108. The third-order valence-electron chi connectivity index (χ3n) is 2.76. The van der Waals surface area contributed by atoms with Gasteiger partial charge in [0.25, 0.3) is 5.91 Å². The normalized spacial score (nSPS) is 14.1. The Kier molecular flexibility index (Phi) is 4.62. The van der Waals surface area contributed by atoms with E-state index >= 15 is 0 Å². The van der Waals surface area contributed by atoms with Crippen molar-refractivity contribution in [3.8, 4) is 0 Å². The average molecular weight is 256 g/mol. The van der Waals surface area contributed by atoms with Crippen LogP contribution in [0.15, 0.2) is 5.38 Å². The molecule has 0 spiro atoms. The highest BCUT2D eigenvalue weighted by Gasteiger charge is 2.26. The number of aryl methyl sites for hydroxylation is 1. The van der Waals surface area contributed by atoms with Gasteiger partial charge in [-0.25, -0.2) is 4.79 Å².